The number of amides is 1. The summed E-state index contributed by atoms with van der Waals surface area (Å²) in [5.41, 5.74) is 2.28. The van der Waals surface area contributed by atoms with Crippen LogP contribution in [0.25, 0.3) is 0 Å². The topological polar surface area (TPSA) is 55.6 Å². The third-order valence-electron chi connectivity index (χ3n) is 2.87. The zero-order valence-electron chi connectivity index (χ0n) is 11.0. The second-order valence-electron chi connectivity index (χ2n) is 4.24. The monoisotopic (exact) mass is 256 g/mol. The highest BCUT2D eigenvalue weighted by atomic mass is 16.5. The van der Waals surface area contributed by atoms with E-state index in [4.69, 9.17) is 10.6 Å². The van der Waals surface area contributed by atoms with Crippen LogP contribution in [0.5, 0.6) is 5.75 Å². The summed E-state index contributed by atoms with van der Waals surface area (Å²) in [6, 6.07) is 14.3. The van der Waals surface area contributed by atoms with Gasteiger partial charge in [0.05, 0.1) is 12.8 Å². The molecule has 1 amide bonds. The first-order valence-corrected chi connectivity index (χ1v) is 5.91. The highest BCUT2D eigenvalue weighted by molar-refractivity contribution is 6.05. The molecule has 0 saturated carbocycles. The van der Waals surface area contributed by atoms with Gasteiger partial charge in [0, 0.05) is 5.56 Å². The molecule has 0 aromatic heterocycles. The van der Waals surface area contributed by atoms with Gasteiger partial charge in [0.15, 0.2) is 0 Å². The predicted octanol–water partition coefficient (Wildman–Crippen LogP) is 2.52. The van der Waals surface area contributed by atoms with Gasteiger partial charge in [-0.05, 0) is 43.3 Å². The van der Waals surface area contributed by atoms with Gasteiger partial charge in [-0.25, -0.2) is 10.9 Å². The largest absolute Gasteiger partial charge is 0.497 e. The Kier molecular flexibility index (Phi) is 3.82. The lowest BCUT2D eigenvalue weighted by Gasteiger charge is -2.17. The molecule has 0 aliphatic carbocycles. The first-order valence-electron chi connectivity index (χ1n) is 5.91. The van der Waals surface area contributed by atoms with E-state index in [0.29, 0.717) is 11.3 Å². The molecule has 0 atom stereocenters. The molecule has 4 heteroatoms. The van der Waals surface area contributed by atoms with Crippen molar-refractivity contribution in [2.75, 3.05) is 12.1 Å². The molecule has 2 N–H and O–H groups in total. The number of methoxy groups -OCH3 is 1. The second-order valence-corrected chi connectivity index (χ2v) is 4.24. The van der Waals surface area contributed by atoms with Gasteiger partial charge in [-0.2, -0.15) is 0 Å². The normalized spacial score (nSPS) is 10.1. The van der Waals surface area contributed by atoms with Crippen LogP contribution in [0.4, 0.5) is 5.69 Å². The van der Waals surface area contributed by atoms with E-state index in [2.05, 4.69) is 0 Å². The molecule has 98 valence electrons. The van der Waals surface area contributed by atoms with Crippen molar-refractivity contribution in [2.24, 2.45) is 5.84 Å². The summed E-state index contributed by atoms with van der Waals surface area (Å²) in [6.07, 6.45) is 0. The van der Waals surface area contributed by atoms with Crippen LogP contribution in [0.2, 0.25) is 0 Å². The minimum Gasteiger partial charge on any atom is -0.497 e. The predicted molar refractivity (Wildman–Crippen MR) is 75.2 cm³/mol. The number of hydrogen-bond acceptors (Lipinski definition) is 3. The van der Waals surface area contributed by atoms with Crippen LogP contribution in [-0.2, 0) is 0 Å². The Hall–Kier alpha value is -2.33. The molecule has 2 rings (SSSR count). The molecule has 0 fully saturated rings. The van der Waals surface area contributed by atoms with Crippen molar-refractivity contribution in [3.05, 3.63) is 59.7 Å². The Morgan fingerprint density at radius 3 is 2.16 bits per heavy atom. The molecule has 19 heavy (non-hydrogen) atoms. The maximum atomic E-state index is 12.2. The number of aryl methyl sites for hydroxylation is 1. The van der Waals surface area contributed by atoms with E-state index >= 15 is 0 Å². The molecule has 0 aliphatic heterocycles. The summed E-state index contributed by atoms with van der Waals surface area (Å²) < 4.78 is 5.06. The number of nitrogens with two attached hydrogens (primary N) is 1. The fourth-order valence-corrected chi connectivity index (χ4v) is 1.70. The number of hydrogen-bond donors (Lipinski definition) is 1. The molecule has 0 spiro atoms. The maximum Gasteiger partial charge on any atom is 0.272 e. The van der Waals surface area contributed by atoms with Crippen LogP contribution in [0, 0.1) is 6.92 Å². The number of benzene rings is 2. The number of carbonyl (C=O) groups is 1. The Morgan fingerprint density at radius 2 is 1.63 bits per heavy atom. The third kappa shape index (κ3) is 2.92. The molecule has 0 aliphatic rings. The van der Waals surface area contributed by atoms with Crippen molar-refractivity contribution < 1.29 is 9.53 Å². The van der Waals surface area contributed by atoms with E-state index in [0.717, 1.165) is 16.3 Å². The molecule has 0 bridgehead atoms. The van der Waals surface area contributed by atoms with Gasteiger partial charge in [-0.3, -0.25) is 4.79 Å². The summed E-state index contributed by atoms with van der Waals surface area (Å²) in [7, 11) is 1.59. The van der Waals surface area contributed by atoms with E-state index in [1.807, 2.05) is 19.1 Å². The standard InChI is InChI=1S/C15H16N2O2/c1-11-3-5-12(6-4-11)15(18)17(16)13-7-9-14(19-2)10-8-13/h3-10H,16H2,1-2H3. The van der Waals surface area contributed by atoms with Crippen molar-refractivity contribution in [3.8, 4) is 5.75 Å². The van der Waals surface area contributed by atoms with Gasteiger partial charge in [0.25, 0.3) is 5.91 Å². The Bertz CT molecular complexity index is 562. The van der Waals surface area contributed by atoms with Crippen LogP contribution < -0.4 is 15.6 Å². The summed E-state index contributed by atoms with van der Waals surface area (Å²) in [5, 5.41) is 1.13. The van der Waals surface area contributed by atoms with Crippen LogP contribution in [0.3, 0.4) is 0 Å². The summed E-state index contributed by atoms with van der Waals surface area (Å²) in [6.45, 7) is 1.97. The zero-order chi connectivity index (χ0) is 13.8. The molecule has 0 radical (unpaired) electrons. The number of nitrogens with zero attached hydrogens (tertiary/aromatic N) is 1. The van der Waals surface area contributed by atoms with Gasteiger partial charge in [0.2, 0.25) is 0 Å². The molecule has 2 aromatic rings. The highest BCUT2D eigenvalue weighted by Gasteiger charge is 2.13. The van der Waals surface area contributed by atoms with Crippen molar-refractivity contribution >= 4 is 11.6 Å². The fraction of sp³-hybridized carbons (Fsp3) is 0.133. The fourth-order valence-electron chi connectivity index (χ4n) is 1.70. The van der Waals surface area contributed by atoms with Crippen molar-refractivity contribution in [3.63, 3.8) is 0 Å². The molecule has 0 saturated heterocycles. The first-order chi connectivity index (χ1) is 9.11. The van der Waals surface area contributed by atoms with E-state index in [-0.39, 0.29) is 5.91 Å². The average molecular weight is 256 g/mol. The van der Waals surface area contributed by atoms with Crippen LogP contribution in [0.1, 0.15) is 15.9 Å². The van der Waals surface area contributed by atoms with Crippen molar-refractivity contribution in [2.45, 2.75) is 6.92 Å². The molecular weight excluding hydrogens is 240 g/mol. The lowest BCUT2D eigenvalue weighted by Crippen LogP contribution is -2.37. The lowest BCUT2D eigenvalue weighted by atomic mass is 10.1. The van der Waals surface area contributed by atoms with E-state index < -0.39 is 0 Å². The highest BCUT2D eigenvalue weighted by Crippen LogP contribution is 2.18. The van der Waals surface area contributed by atoms with E-state index in [1.54, 1.807) is 43.5 Å². The summed E-state index contributed by atoms with van der Waals surface area (Å²) >= 11 is 0. The van der Waals surface area contributed by atoms with E-state index in [9.17, 15) is 4.79 Å². The minimum absolute atomic E-state index is 0.245. The minimum atomic E-state index is -0.245. The summed E-state index contributed by atoms with van der Waals surface area (Å²) in [5.74, 6) is 6.32. The smallest absolute Gasteiger partial charge is 0.272 e. The number of hydrazine groups is 1. The summed E-state index contributed by atoms with van der Waals surface area (Å²) in [4.78, 5) is 12.2. The van der Waals surface area contributed by atoms with Gasteiger partial charge in [-0.1, -0.05) is 17.7 Å². The zero-order valence-corrected chi connectivity index (χ0v) is 11.0. The average Bonchev–Trinajstić information content (AvgIpc) is 2.46. The Morgan fingerprint density at radius 1 is 1.05 bits per heavy atom. The van der Waals surface area contributed by atoms with Gasteiger partial charge in [-0.15, -0.1) is 0 Å². The lowest BCUT2D eigenvalue weighted by molar-refractivity contribution is 0.0987. The van der Waals surface area contributed by atoms with Gasteiger partial charge >= 0.3 is 0 Å². The number of rotatable bonds is 3. The van der Waals surface area contributed by atoms with Crippen LogP contribution in [0.15, 0.2) is 48.5 Å². The van der Waals surface area contributed by atoms with Gasteiger partial charge in [0.1, 0.15) is 5.75 Å². The molecule has 0 heterocycles. The Labute approximate surface area is 112 Å². The van der Waals surface area contributed by atoms with Crippen molar-refractivity contribution in [1.29, 1.82) is 0 Å². The maximum absolute atomic E-state index is 12.2. The molecular formula is C15H16N2O2. The molecule has 2 aromatic carbocycles. The van der Waals surface area contributed by atoms with Crippen LogP contribution >= 0.6 is 0 Å². The number of ether oxygens (including phenoxy) is 1. The molecule has 4 nitrogen and oxygen atoms in total. The first kappa shape index (κ1) is 13.1. The van der Waals surface area contributed by atoms with Gasteiger partial charge < -0.3 is 4.74 Å². The second kappa shape index (κ2) is 5.54. The Balaban J connectivity index is 2.20. The number of anilines is 1. The number of carbonyl (C=O) groups excluding carboxylic acids is 1. The van der Waals surface area contributed by atoms with Crippen molar-refractivity contribution in [1.82, 2.24) is 0 Å². The van der Waals surface area contributed by atoms with E-state index in [1.165, 1.54) is 0 Å². The molecule has 0 unspecified atom stereocenters. The quantitative estimate of drug-likeness (QED) is 0.521. The third-order valence-corrected chi connectivity index (χ3v) is 2.87. The van der Waals surface area contributed by atoms with Crippen LogP contribution in [-0.4, -0.2) is 13.0 Å². The SMILES string of the molecule is COc1ccc(N(N)C(=O)c2ccc(C)cc2)cc1.